The van der Waals surface area contributed by atoms with Crippen molar-refractivity contribution in [1.82, 2.24) is 4.98 Å². The molecule has 0 aromatic carbocycles. The van der Waals surface area contributed by atoms with Crippen LogP contribution in [0.3, 0.4) is 0 Å². The fourth-order valence-electron chi connectivity index (χ4n) is 2.49. The Kier molecular flexibility index (Phi) is 5.61. The van der Waals surface area contributed by atoms with Crippen molar-refractivity contribution in [1.29, 1.82) is 0 Å². The van der Waals surface area contributed by atoms with E-state index in [2.05, 4.69) is 28.9 Å². The first-order valence-electron chi connectivity index (χ1n) is 7.35. The first-order valence-corrected chi connectivity index (χ1v) is 7.35. The van der Waals surface area contributed by atoms with Gasteiger partial charge in [0.2, 0.25) is 0 Å². The van der Waals surface area contributed by atoms with Crippen molar-refractivity contribution < 1.29 is 4.74 Å². The van der Waals surface area contributed by atoms with Gasteiger partial charge < -0.3 is 15.4 Å². The molecule has 1 aromatic heterocycles. The first kappa shape index (κ1) is 14.3. The zero-order chi connectivity index (χ0) is 13.5. The van der Waals surface area contributed by atoms with Gasteiger partial charge >= 0.3 is 0 Å². The number of anilines is 1. The summed E-state index contributed by atoms with van der Waals surface area (Å²) in [4.78, 5) is 6.88. The van der Waals surface area contributed by atoms with Crippen LogP contribution in [0.25, 0.3) is 0 Å². The van der Waals surface area contributed by atoms with Gasteiger partial charge in [0.1, 0.15) is 5.82 Å². The molecule has 0 spiro atoms. The lowest BCUT2D eigenvalue weighted by Crippen LogP contribution is -2.40. The smallest absolute Gasteiger partial charge is 0.128 e. The molecule has 19 heavy (non-hydrogen) atoms. The summed E-state index contributed by atoms with van der Waals surface area (Å²) < 4.78 is 5.86. The number of nitrogens with zero attached hydrogens (tertiary/aromatic N) is 2. The number of nitrogens with two attached hydrogens (primary N) is 1. The SMILES string of the molecule is CCCOC1CCCN(c2ccc(CCN)cn2)C1. The van der Waals surface area contributed by atoms with Gasteiger partial charge in [-0.1, -0.05) is 13.0 Å². The van der Waals surface area contributed by atoms with Crippen LogP contribution in [0.1, 0.15) is 31.7 Å². The number of pyridine rings is 1. The van der Waals surface area contributed by atoms with Crippen LogP contribution in [0, 0.1) is 0 Å². The molecular formula is C15H25N3O. The molecule has 1 aliphatic heterocycles. The molecule has 1 unspecified atom stereocenters. The molecule has 2 rings (SSSR count). The van der Waals surface area contributed by atoms with E-state index in [4.69, 9.17) is 10.5 Å². The van der Waals surface area contributed by atoms with Gasteiger partial charge in [-0.25, -0.2) is 4.98 Å². The van der Waals surface area contributed by atoms with Gasteiger partial charge in [0.25, 0.3) is 0 Å². The summed E-state index contributed by atoms with van der Waals surface area (Å²) in [7, 11) is 0. The summed E-state index contributed by atoms with van der Waals surface area (Å²) in [6.07, 6.45) is 6.64. The molecule has 2 heterocycles. The van der Waals surface area contributed by atoms with Crippen molar-refractivity contribution in [2.75, 3.05) is 31.1 Å². The van der Waals surface area contributed by atoms with Gasteiger partial charge in [0, 0.05) is 25.9 Å². The Bertz CT molecular complexity index is 366. The zero-order valence-corrected chi connectivity index (χ0v) is 11.8. The first-order chi connectivity index (χ1) is 9.33. The topological polar surface area (TPSA) is 51.4 Å². The number of hydrogen-bond acceptors (Lipinski definition) is 4. The van der Waals surface area contributed by atoms with Crippen LogP contribution in [-0.2, 0) is 11.2 Å². The molecule has 2 N–H and O–H groups in total. The lowest BCUT2D eigenvalue weighted by molar-refractivity contribution is 0.0439. The van der Waals surface area contributed by atoms with E-state index < -0.39 is 0 Å². The monoisotopic (exact) mass is 263 g/mol. The van der Waals surface area contributed by atoms with Crippen LogP contribution < -0.4 is 10.6 Å². The third-order valence-corrected chi connectivity index (χ3v) is 3.50. The minimum Gasteiger partial charge on any atom is -0.376 e. The molecular weight excluding hydrogens is 238 g/mol. The number of hydrogen-bond donors (Lipinski definition) is 1. The lowest BCUT2D eigenvalue weighted by Gasteiger charge is -2.33. The van der Waals surface area contributed by atoms with E-state index in [-0.39, 0.29) is 0 Å². The van der Waals surface area contributed by atoms with E-state index in [1.807, 2.05) is 6.20 Å². The molecule has 0 saturated carbocycles. The highest BCUT2D eigenvalue weighted by Gasteiger charge is 2.21. The normalized spacial score (nSPS) is 19.7. The molecule has 0 radical (unpaired) electrons. The molecule has 4 nitrogen and oxygen atoms in total. The maximum atomic E-state index is 5.86. The maximum Gasteiger partial charge on any atom is 0.128 e. The minimum absolute atomic E-state index is 0.360. The highest BCUT2D eigenvalue weighted by Crippen LogP contribution is 2.19. The van der Waals surface area contributed by atoms with Crippen molar-refractivity contribution in [3.63, 3.8) is 0 Å². The van der Waals surface area contributed by atoms with Gasteiger partial charge in [0.05, 0.1) is 6.10 Å². The fraction of sp³-hybridized carbons (Fsp3) is 0.667. The van der Waals surface area contributed by atoms with E-state index in [1.165, 1.54) is 18.4 Å². The molecule has 0 bridgehead atoms. The van der Waals surface area contributed by atoms with Crippen LogP contribution in [0.4, 0.5) is 5.82 Å². The molecule has 1 aromatic rings. The molecule has 4 heteroatoms. The average Bonchev–Trinajstić information content (AvgIpc) is 2.46. The van der Waals surface area contributed by atoms with E-state index in [1.54, 1.807) is 0 Å². The minimum atomic E-state index is 0.360. The maximum absolute atomic E-state index is 5.86. The molecule has 1 saturated heterocycles. The van der Waals surface area contributed by atoms with Gasteiger partial charge in [-0.15, -0.1) is 0 Å². The van der Waals surface area contributed by atoms with Crippen LogP contribution in [0.5, 0.6) is 0 Å². The highest BCUT2D eigenvalue weighted by molar-refractivity contribution is 5.40. The van der Waals surface area contributed by atoms with Crippen molar-refractivity contribution in [2.45, 2.75) is 38.7 Å². The third kappa shape index (κ3) is 4.18. The van der Waals surface area contributed by atoms with Crippen LogP contribution in [-0.4, -0.2) is 37.3 Å². The van der Waals surface area contributed by atoms with Gasteiger partial charge in [-0.3, -0.25) is 0 Å². The van der Waals surface area contributed by atoms with E-state index in [0.717, 1.165) is 38.4 Å². The average molecular weight is 263 g/mol. The Hall–Kier alpha value is -1.13. The Morgan fingerprint density at radius 2 is 2.37 bits per heavy atom. The molecule has 0 aliphatic carbocycles. The van der Waals surface area contributed by atoms with E-state index in [9.17, 15) is 0 Å². The molecule has 106 valence electrons. The number of rotatable bonds is 6. The summed E-state index contributed by atoms with van der Waals surface area (Å²) >= 11 is 0. The quantitative estimate of drug-likeness (QED) is 0.852. The lowest BCUT2D eigenvalue weighted by atomic mass is 10.1. The summed E-state index contributed by atoms with van der Waals surface area (Å²) in [6.45, 7) is 5.73. The van der Waals surface area contributed by atoms with Crippen LogP contribution in [0.2, 0.25) is 0 Å². The molecule has 1 fully saturated rings. The highest BCUT2D eigenvalue weighted by atomic mass is 16.5. The van der Waals surface area contributed by atoms with E-state index in [0.29, 0.717) is 12.6 Å². The largest absolute Gasteiger partial charge is 0.376 e. The van der Waals surface area contributed by atoms with Crippen LogP contribution in [0.15, 0.2) is 18.3 Å². The summed E-state index contributed by atoms with van der Waals surface area (Å²) in [6, 6.07) is 4.24. The number of ether oxygens (including phenoxy) is 1. The van der Waals surface area contributed by atoms with Crippen molar-refractivity contribution in [2.24, 2.45) is 5.73 Å². The standard InChI is InChI=1S/C15H25N3O/c1-2-10-19-14-4-3-9-18(12-14)15-6-5-13(7-8-16)11-17-15/h5-6,11,14H,2-4,7-10,12,16H2,1H3. The van der Waals surface area contributed by atoms with Crippen molar-refractivity contribution in [3.05, 3.63) is 23.9 Å². The second-order valence-corrected chi connectivity index (χ2v) is 5.14. The Morgan fingerprint density at radius 3 is 3.05 bits per heavy atom. The second kappa shape index (κ2) is 7.46. The fourth-order valence-corrected chi connectivity index (χ4v) is 2.49. The Morgan fingerprint density at radius 1 is 1.47 bits per heavy atom. The number of piperidine rings is 1. The van der Waals surface area contributed by atoms with Gasteiger partial charge in [0.15, 0.2) is 0 Å². The van der Waals surface area contributed by atoms with Gasteiger partial charge in [-0.2, -0.15) is 0 Å². The predicted octanol–water partition coefficient (Wildman–Crippen LogP) is 1.98. The van der Waals surface area contributed by atoms with E-state index >= 15 is 0 Å². The summed E-state index contributed by atoms with van der Waals surface area (Å²) in [5.74, 6) is 1.06. The molecule has 0 amide bonds. The van der Waals surface area contributed by atoms with Gasteiger partial charge in [-0.05, 0) is 43.9 Å². The third-order valence-electron chi connectivity index (χ3n) is 3.50. The second-order valence-electron chi connectivity index (χ2n) is 5.14. The molecule has 1 aliphatic rings. The van der Waals surface area contributed by atoms with Crippen molar-refractivity contribution >= 4 is 5.82 Å². The summed E-state index contributed by atoms with van der Waals surface area (Å²) in [5.41, 5.74) is 6.76. The summed E-state index contributed by atoms with van der Waals surface area (Å²) in [5, 5.41) is 0. The zero-order valence-electron chi connectivity index (χ0n) is 11.8. The predicted molar refractivity (Wildman–Crippen MR) is 78.5 cm³/mol. The Labute approximate surface area is 116 Å². The van der Waals surface area contributed by atoms with Crippen molar-refractivity contribution in [3.8, 4) is 0 Å². The molecule has 1 atom stereocenters. The number of aromatic nitrogens is 1. The van der Waals surface area contributed by atoms with Crippen LogP contribution >= 0.6 is 0 Å². The Balaban J connectivity index is 1.92.